The molecule has 28 heavy (non-hydrogen) atoms. The van der Waals surface area contributed by atoms with Gasteiger partial charge in [-0.3, -0.25) is 4.99 Å². The molecule has 5 nitrogen and oxygen atoms in total. The summed E-state index contributed by atoms with van der Waals surface area (Å²) in [4.78, 5) is 11.2. The zero-order valence-corrected chi connectivity index (χ0v) is 19.0. The number of nitrogens with zero attached hydrogens (tertiary/aromatic N) is 3. The molecule has 1 aromatic heterocycles. The van der Waals surface area contributed by atoms with E-state index in [0.29, 0.717) is 18.0 Å². The number of rotatable bonds is 6. The van der Waals surface area contributed by atoms with Crippen molar-refractivity contribution in [1.29, 1.82) is 0 Å². The van der Waals surface area contributed by atoms with Crippen LogP contribution in [0.15, 0.2) is 47.6 Å². The summed E-state index contributed by atoms with van der Waals surface area (Å²) < 4.78 is 13.3. The molecular formula is C20H26ClFIN5. The van der Waals surface area contributed by atoms with E-state index >= 15 is 0 Å². The molecule has 0 spiro atoms. The van der Waals surface area contributed by atoms with Gasteiger partial charge in [-0.05, 0) is 49.6 Å². The number of aliphatic imine (C=N–C) groups is 1. The van der Waals surface area contributed by atoms with Crippen LogP contribution in [0.4, 0.5) is 10.2 Å². The summed E-state index contributed by atoms with van der Waals surface area (Å²) >= 11 is 6.26. The number of anilines is 1. The molecular weight excluding hydrogens is 492 g/mol. The van der Waals surface area contributed by atoms with Crippen LogP contribution in [0.2, 0.25) is 5.02 Å². The molecule has 3 rings (SSSR count). The number of hydrogen-bond acceptors (Lipinski definition) is 3. The van der Waals surface area contributed by atoms with E-state index in [-0.39, 0.29) is 35.8 Å². The average molecular weight is 518 g/mol. The number of pyridine rings is 1. The first-order valence-electron chi connectivity index (χ1n) is 9.30. The first-order chi connectivity index (χ1) is 13.2. The second-order valence-corrected chi connectivity index (χ2v) is 6.93. The molecule has 1 saturated heterocycles. The standard InChI is InChI=1S/C20H25ClFN5.HI/c1-2-23-20(25-11-8-15-5-3-6-16(22)13-15)26-17-9-12-27(14-17)19-18(21)7-4-10-24-19;/h3-7,10,13,17H,2,8-9,11-12,14H2,1H3,(H2,23,25,26);1H. The van der Waals surface area contributed by atoms with Crippen molar-refractivity contribution in [1.82, 2.24) is 15.6 Å². The molecule has 0 radical (unpaired) electrons. The Labute approximate surface area is 187 Å². The number of hydrogen-bond donors (Lipinski definition) is 2. The maximum Gasteiger partial charge on any atom is 0.191 e. The molecule has 1 aliphatic heterocycles. The summed E-state index contributed by atoms with van der Waals surface area (Å²) in [6, 6.07) is 10.6. The maximum absolute atomic E-state index is 13.3. The molecule has 2 heterocycles. The van der Waals surface area contributed by atoms with Crippen LogP contribution in [-0.2, 0) is 6.42 Å². The van der Waals surface area contributed by atoms with Gasteiger partial charge in [-0.2, -0.15) is 0 Å². The van der Waals surface area contributed by atoms with Gasteiger partial charge in [0, 0.05) is 38.4 Å². The van der Waals surface area contributed by atoms with Gasteiger partial charge in [-0.25, -0.2) is 9.37 Å². The van der Waals surface area contributed by atoms with E-state index in [4.69, 9.17) is 11.6 Å². The number of guanidine groups is 1. The highest BCUT2D eigenvalue weighted by atomic mass is 127. The van der Waals surface area contributed by atoms with Crippen LogP contribution in [0.3, 0.4) is 0 Å². The van der Waals surface area contributed by atoms with E-state index in [2.05, 4.69) is 25.5 Å². The third-order valence-electron chi connectivity index (χ3n) is 4.47. The molecule has 152 valence electrons. The average Bonchev–Trinajstić information content (AvgIpc) is 3.10. The minimum Gasteiger partial charge on any atom is -0.357 e. The van der Waals surface area contributed by atoms with Gasteiger partial charge in [-0.15, -0.1) is 24.0 Å². The Bertz CT molecular complexity index is 789. The smallest absolute Gasteiger partial charge is 0.191 e. The van der Waals surface area contributed by atoms with E-state index < -0.39 is 0 Å². The van der Waals surface area contributed by atoms with Crippen molar-refractivity contribution in [2.45, 2.75) is 25.8 Å². The van der Waals surface area contributed by atoms with E-state index in [1.165, 1.54) is 6.07 Å². The predicted octanol–water partition coefficient (Wildman–Crippen LogP) is 3.87. The van der Waals surface area contributed by atoms with Crippen LogP contribution in [0.5, 0.6) is 0 Å². The molecule has 0 bridgehead atoms. The highest BCUT2D eigenvalue weighted by Gasteiger charge is 2.25. The Morgan fingerprint density at radius 3 is 2.96 bits per heavy atom. The first-order valence-corrected chi connectivity index (χ1v) is 9.68. The SMILES string of the molecule is CCNC(=NCCc1cccc(F)c1)NC1CCN(c2ncccc2Cl)C1.I. The summed E-state index contributed by atoms with van der Waals surface area (Å²) in [5.74, 6) is 1.41. The topological polar surface area (TPSA) is 52.6 Å². The number of benzene rings is 1. The second kappa shape index (κ2) is 11.4. The molecule has 1 aromatic carbocycles. The Morgan fingerprint density at radius 1 is 1.36 bits per heavy atom. The van der Waals surface area contributed by atoms with E-state index in [9.17, 15) is 4.39 Å². The molecule has 8 heteroatoms. The molecule has 1 fully saturated rings. The van der Waals surface area contributed by atoms with Gasteiger partial charge < -0.3 is 15.5 Å². The molecule has 0 aliphatic carbocycles. The van der Waals surface area contributed by atoms with Gasteiger partial charge in [0.05, 0.1) is 5.02 Å². The lowest BCUT2D eigenvalue weighted by Crippen LogP contribution is -2.44. The van der Waals surface area contributed by atoms with Gasteiger partial charge in [0.15, 0.2) is 5.96 Å². The van der Waals surface area contributed by atoms with E-state index in [0.717, 1.165) is 43.4 Å². The third kappa shape index (κ3) is 6.48. The second-order valence-electron chi connectivity index (χ2n) is 6.53. The molecule has 2 aromatic rings. The lowest BCUT2D eigenvalue weighted by Gasteiger charge is -2.20. The van der Waals surface area contributed by atoms with Crippen molar-refractivity contribution in [2.24, 2.45) is 4.99 Å². The Balaban J connectivity index is 0.00000280. The van der Waals surface area contributed by atoms with Crippen LogP contribution >= 0.6 is 35.6 Å². The minimum atomic E-state index is -0.208. The zero-order chi connectivity index (χ0) is 19.1. The fourth-order valence-electron chi connectivity index (χ4n) is 3.18. The highest BCUT2D eigenvalue weighted by molar-refractivity contribution is 14.0. The molecule has 1 atom stereocenters. The minimum absolute atomic E-state index is 0. The van der Waals surface area contributed by atoms with E-state index in [1.54, 1.807) is 18.3 Å². The lowest BCUT2D eigenvalue weighted by molar-refractivity contribution is 0.625. The Morgan fingerprint density at radius 2 is 2.21 bits per heavy atom. The fraction of sp³-hybridized carbons (Fsp3) is 0.400. The van der Waals surface area contributed by atoms with Crippen LogP contribution in [0.1, 0.15) is 18.9 Å². The zero-order valence-electron chi connectivity index (χ0n) is 15.9. The maximum atomic E-state index is 13.3. The van der Waals surface area contributed by atoms with Crippen molar-refractivity contribution >= 4 is 47.4 Å². The molecule has 0 amide bonds. The van der Waals surface area contributed by atoms with Crippen LogP contribution in [0, 0.1) is 5.82 Å². The van der Waals surface area contributed by atoms with Gasteiger partial charge in [0.1, 0.15) is 11.6 Å². The summed E-state index contributed by atoms with van der Waals surface area (Å²) in [6.07, 6.45) is 3.45. The quantitative estimate of drug-likeness (QED) is 0.347. The number of nitrogens with one attached hydrogen (secondary N) is 2. The molecule has 2 N–H and O–H groups in total. The normalized spacial score (nSPS) is 16.6. The van der Waals surface area contributed by atoms with Crippen molar-refractivity contribution in [2.75, 3.05) is 31.1 Å². The predicted molar refractivity (Wildman–Crippen MR) is 124 cm³/mol. The summed E-state index contributed by atoms with van der Waals surface area (Å²) in [6.45, 7) is 5.15. The number of halogens is 3. The Hall–Kier alpha value is -1.61. The summed E-state index contributed by atoms with van der Waals surface area (Å²) in [5.41, 5.74) is 0.950. The monoisotopic (exact) mass is 517 g/mol. The Kier molecular flexibility index (Phi) is 9.24. The van der Waals surface area contributed by atoms with Crippen molar-refractivity contribution in [3.05, 3.63) is 59.0 Å². The first kappa shape index (κ1) is 22.7. The fourth-order valence-corrected chi connectivity index (χ4v) is 3.42. The molecule has 0 saturated carbocycles. The van der Waals surface area contributed by atoms with Gasteiger partial charge >= 0.3 is 0 Å². The van der Waals surface area contributed by atoms with E-state index in [1.807, 2.05) is 25.1 Å². The van der Waals surface area contributed by atoms with Crippen molar-refractivity contribution < 1.29 is 4.39 Å². The van der Waals surface area contributed by atoms with Crippen molar-refractivity contribution in [3.63, 3.8) is 0 Å². The van der Waals surface area contributed by atoms with Crippen LogP contribution in [-0.4, -0.2) is 43.2 Å². The molecule has 1 aliphatic rings. The number of aromatic nitrogens is 1. The van der Waals surface area contributed by atoms with Crippen LogP contribution < -0.4 is 15.5 Å². The largest absolute Gasteiger partial charge is 0.357 e. The van der Waals surface area contributed by atoms with Crippen molar-refractivity contribution in [3.8, 4) is 0 Å². The highest BCUT2D eigenvalue weighted by Crippen LogP contribution is 2.25. The third-order valence-corrected chi connectivity index (χ3v) is 4.77. The van der Waals surface area contributed by atoms with Gasteiger partial charge in [-0.1, -0.05) is 23.7 Å². The lowest BCUT2D eigenvalue weighted by atomic mass is 10.1. The summed E-state index contributed by atoms with van der Waals surface area (Å²) in [7, 11) is 0. The molecule has 1 unspecified atom stereocenters. The van der Waals surface area contributed by atoms with Crippen LogP contribution in [0.25, 0.3) is 0 Å². The van der Waals surface area contributed by atoms with Gasteiger partial charge in [0.25, 0.3) is 0 Å². The van der Waals surface area contributed by atoms with Gasteiger partial charge in [0.2, 0.25) is 0 Å². The summed E-state index contributed by atoms with van der Waals surface area (Å²) in [5, 5.41) is 7.44.